The van der Waals surface area contributed by atoms with E-state index in [1.807, 2.05) is 12.1 Å². The minimum atomic E-state index is -0.933. The Labute approximate surface area is 195 Å². The SMILES string of the molecule is CC1=C(C(=O)n2ccnc2)C(c2ccccc2OCc2ccc(Cl)cc2)C([N+](=O)[O-])=C(C)N1. The first-order valence-corrected chi connectivity index (χ1v) is 10.6. The van der Waals surface area contributed by atoms with Gasteiger partial charge < -0.3 is 10.1 Å². The van der Waals surface area contributed by atoms with Gasteiger partial charge in [-0.15, -0.1) is 0 Å². The van der Waals surface area contributed by atoms with Crippen molar-refractivity contribution < 1.29 is 14.5 Å². The topological polar surface area (TPSA) is 99.3 Å². The molecular formula is C24H21ClN4O4. The van der Waals surface area contributed by atoms with E-state index in [1.54, 1.807) is 50.2 Å². The van der Waals surface area contributed by atoms with Crippen molar-refractivity contribution in [2.75, 3.05) is 0 Å². The van der Waals surface area contributed by atoms with Crippen LogP contribution >= 0.6 is 11.6 Å². The van der Waals surface area contributed by atoms with Crippen molar-refractivity contribution >= 4 is 17.5 Å². The van der Waals surface area contributed by atoms with E-state index in [-0.39, 0.29) is 17.9 Å². The third-order valence-electron chi connectivity index (χ3n) is 5.43. The van der Waals surface area contributed by atoms with Crippen LogP contribution < -0.4 is 10.1 Å². The zero-order chi connectivity index (χ0) is 23.5. The van der Waals surface area contributed by atoms with Gasteiger partial charge in [0.05, 0.1) is 16.2 Å². The van der Waals surface area contributed by atoms with Gasteiger partial charge in [-0.3, -0.25) is 19.5 Å². The van der Waals surface area contributed by atoms with Crippen LogP contribution in [-0.4, -0.2) is 20.4 Å². The van der Waals surface area contributed by atoms with Gasteiger partial charge in [0.25, 0.3) is 11.6 Å². The Kier molecular flexibility index (Phi) is 6.28. The summed E-state index contributed by atoms with van der Waals surface area (Å²) in [7, 11) is 0. The summed E-state index contributed by atoms with van der Waals surface area (Å²) in [6, 6.07) is 14.3. The maximum absolute atomic E-state index is 13.4. The predicted octanol–water partition coefficient (Wildman–Crippen LogP) is 4.92. The summed E-state index contributed by atoms with van der Waals surface area (Å²) in [6.07, 6.45) is 4.37. The third-order valence-corrected chi connectivity index (χ3v) is 5.68. The van der Waals surface area contributed by atoms with E-state index in [1.165, 1.54) is 23.3 Å². The van der Waals surface area contributed by atoms with E-state index in [0.29, 0.717) is 27.7 Å². The molecule has 3 aromatic rings. The van der Waals surface area contributed by atoms with E-state index in [0.717, 1.165) is 5.56 Å². The van der Waals surface area contributed by atoms with Crippen LogP contribution in [0.3, 0.4) is 0 Å². The summed E-state index contributed by atoms with van der Waals surface area (Å²) in [5.41, 5.74) is 2.48. The number of nitro groups is 1. The van der Waals surface area contributed by atoms with Gasteiger partial charge in [0.2, 0.25) is 0 Å². The number of para-hydroxylation sites is 1. The molecule has 1 atom stereocenters. The number of ether oxygens (including phenoxy) is 1. The van der Waals surface area contributed by atoms with Crippen molar-refractivity contribution in [2.45, 2.75) is 26.4 Å². The first-order chi connectivity index (χ1) is 15.9. The normalized spacial score (nSPS) is 15.9. The van der Waals surface area contributed by atoms with E-state index in [4.69, 9.17) is 16.3 Å². The molecule has 2 heterocycles. The van der Waals surface area contributed by atoms with Gasteiger partial charge in [0, 0.05) is 28.7 Å². The van der Waals surface area contributed by atoms with Crippen molar-refractivity contribution in [1.29, 1.82) is 0 Å². The van der Waals surface area contributed by atoms with Crippen molar-refractivity contribution in [3.8, 4) is 5.75 Å². The number of nitrogens with one attached hydrogen (secondary N) is 1. The molecule has 0 amide bonds. The number of halogens is 1. The van der Waals surface area contributed by atoms with Crippen LogP contribution in [0.5, 0.6) is 5.75 Å². The number of imidazole rings is 1. The average molecular weight is 465 g/mol. The lowest BCUT2D eigenvalue weighted by Gasteiger charge is -2.28. The molecule has 33 heavy (non-hydrogen) atoms. The van der Waals surface area contributed by atoms with Crippen molar-refractivity contribution in [3.63, 3.8) is 0 Å². The Morgan fingerprint density at radius 1 is 1.18 bits per heavy atom. The first kappa shape index (κ1) is 22.3. The van der Waals surface area contributed by atoms with E-state index in [9.17, 15) is 14.9 Å². The Morgan fingerprint density at radius 2 is 1.91 bits per heavy atom. The van der Waals surface area contributed by atoms with Gasteiger partial charge in [0.1, 0.15) is 24.6 Å². The highest BCUT2D eigenvalue weighted by Crippen LogP contribution is 2.42. The molecule has 1 aromatic heterocycles. The van der Waals surface area contributed by atoms with Gasteiger partial charge in [0.15, 0.2) is 0 Å². The largest absolute Gasteiger partial charge is 0.489 e. The standard InChI is InChI=1S/C24H21ClN4O4/c1-15-21(24(30)28-12-11-26-14-28)22(23(29(31)32)16(2)27-15)19-5-3-4-6-20(19)33-13-17-7-9-18(25)10-8-17/h3-12,14,22,27H,13H2,1-2H3. The molecule has 0 spiro atoms. The second kappa shape index (κ2) is 9.30. The fourth-order valence-corrected chi connectivity index (χ4v) is 4.05. The number of carbonyl (C=O) groups is 1. The van der Waals surface area contributed by atoms with Crippen LogP contribution in [0.25, 0.3) is 0 Å². The van der Waals surface area contributed by atoms with E-state index in [2.05, 4.69) is 10.3 Å². The summed E-state index contributed by atoms with van der Waals surface area (Å²) in [5.74, 6) is -0.880. The molecule has 0 saturated carbocycles. The summed E-state index contributed by atoms with van der Waals surface area (Å²) in [4.78, 5) is 29.0. The summed E-state index contributed by atoms with van der Waals surface area (Å²) in [6.45, 7) is 3.60. The van der Waals surface area contributed by atoms with Crippen molar-refractivity contribution in [3.05, 3.63) is 116 Å². The monoisotopic (exact) mass is 464 g/mol. The van der Waals surface area contributed by atoms with Gasteiger partial charge >= 0.3 is 0 Å². The van der Waals surface area contributed by atoms with Crippen LogP contribution in [0.1, 0.15) is 35.7 Å². The van der Waals surface area contributed by atoms with Gasteiger partial charge in [-0.05, 0) is 37.6 Å². The fraction of sp³-hybridized carbons (Fsp3) is 0.167. The fourth-order valence-electron chi connectivity index (χ4n) is 3.92. The number of hydrogen-bond donors (Lipinski definition) is 1. The van der Waals surface area contributed by atoms with E-state index < -0.39 is 16.7 Å². The Hall–Kier alpha value is -3.91. The zero-order valence-electron chi connectivity index (χ0n) is 18.0. The first-order valence-electron chi connectivity index (χ1n) is 10.2. The molecule has 9 heteroatoms. The molecule has 0 radical (unpaired) electrons. The van der Waals surface area contributed by atoms with Crippen LogP contribution in [0.2, 0.25) is 5.02 Å². The van der Waals surface area contributed by atoms with Gasteiger partial charge in [-0.1, -0.05) is 41.9 Å². The molecule has 4 rings (SSSR count). The number of dihydropyridines is 1. The highest BCUT2D eigenvalue weighted by Gasteiger charge is 2.41. The molecule has 1 N–H and O–H groups in total. The second-order valence-electron chi connectivity index (χ2n) is 7.59. The molecule has 168 valence electrons. The maximum Gasteiger partial charge on any atom is 0.277 e. The third kappa shape index (κ3) is 4.51. The summed E-state index contributed by atoms with van der Waals surface area (Å²) < 4.78 is 7.38. The number of rotatable bonds is 6. The van der Waals surface area contributed by atoms with Crippen molar-refractivity contribution in [1.82, 2.24) is 14.9 Å². The molecule has 8 nitrogen and oxygen atoms in total. The van der Waals surface area contributed by atoms with Crippen LogP contribution in [0.4, 0.5) is 0 Å². The molecule has 1 aliphatic heterocycles. The quantitative estimate of drug-likeness (QED) is 0.410. The number of hydrogen-bond acceptors (Lipinski definition) is 6. The lowest BCUT2D eigenvalue weighted by molar-refractivity contribution is -0.431. The second-order valence-corrected chi connectivity index (χ2v) is 8.03. The average Bonchev–Trinajstić information content (AvgIpc) is 3.33. The smallest absolute Gasteiger partial charge is 0.277 e. The molecule has 2 aromatic carbocycles. The van der Waals surface area contributed by atoms with Crippen LogP contribution in [0.15, 0.2) is 89.9 Å². The number of benzene rings is 2. The summed E-state index contributed by atoms with van der Waals surface area (Å²) >= 11 is 5.96. The van der Waals surface area contributed by atoms with Crippen molar-refractivity contribution in [2.24, 2.45) is 0 Å². The summed E-state index contributed by atoms with van der Waals surface area (Å²) in [5, 5.41) is 15.7. The highest BCUT2D eigenvalue weighted by atomic mass is 35.5. The number of nitrogens with zero attached hydrogens (tertiary/aromatic N) is 3. The number of carbonyl (C=O) groups excluding carboxylic acids is 1. The van der Waals surface area contributed by atoms with Gasteiger partial charge in [-0.25, -0.2) is 4.98 Å². The molecule has 1 aliphatic rings. The number of aromatic nitrogens is 2. The highest BCUT2D eigenvalue weighted by molar-refractivity contribution is 6.30. The molecule has 0 fully saturated rings. The van der Waals surface area contributed by atoms with Gasteiger partial charge in [-0.2, -0.15) is 0 Å². The minimum absolute atomic E-state index is 0.105. The lowest BCUT2D eigenvalue weighted by Crippen LogP contribution is -2.32. The Bertz CT molecular complexity index is 1260. The predicted molar refractivity (Wildman–Crippen MR) is 123 cm³/mol. The maximum atomic E-state index is 13.4. The lowest BCUT2D eigenvalue weighted by atomic mass is 9.83. The molecule has 1 unspecified atom stereocenters. The minimum Gasteiger partial charge on any atom is -0.489 e. The Morgan fingerprint density at radius 3 is 2.58 bits per heavy atom. The molecule has 0 aliphatic carbocycles. The molecule has 0 bridgehead atoms. The molecule has 0 saturated heterocycles. The number of allylic oxidation sites excluding steroid dienone is 3. The zero-order valence-corrected chi connectivity index (χ0v) is 18.7. The van der Waals surface area contributed by atoms with E-state index >= 15 is 0 Å². The molecular weight excluding hydrogens is 444 g/mol. The van der Waals surface area contributed by atoms with Crippen LogP contribution in [0, 0.1) is 10.1 Å². The Balaban J connectivity index is 1.79. The van der Waals surface area contributed by atoms with Crippen LogP contribution in [-0.2, 0) is 6.61 Å².